The Morgan fingerprint density at radius 1 is 1.13 bits per heavy atom. The van der Waals surface area contributed by atoms with Crippen molar-refractivity contribution in [2.45, 2.75) is 0 Å². The highest BCUT2D eigenvalue weighted by Crippen LogP contribution is 2.35. The Morgan fingerprint density at radius 2 is 1.67 bits per heavy atom. The SMILES string of the molecule is COc1cc(C=O)cc(OC)c1NC=O. The molecule has 0 fully saturated rings. The van der Waals surface area contributed by atoms with E-state index < -0.39 is 0 Å². The first-order chi connectivity index (χ1) is 7.26. The highest BCUT2D eigenvalue weighted by atomic mass is 16.5. The number of methoxy groups -OCH3 is 2. The summed E-state index contributed by atoms with van der Waals surface area (Å²) in [6.07, 6.45) is 1.19. The summed E-state index contributed by atoms with van der Waals surface area (Å²) in [5.74, 6) is 0.757. The number of aldehydes is 1. The van der Waals surface area contributed by atoms with Crippen LogP contribution in [0.3, 0.4) is 0 Å². The summed E-state index contributed by atoms with van der Waals surface area (Å²) >= 11 is 0. The van der Waals surface area contributed by atoms with E-state index in [0.29, 0.717) is 35.4 Å². The number of anilines is 1. The molecule has 1 rings (SSSR count). The van der Waals surface area contributed by atoms with Gasteiger partial charge in [0.2, 0.25) is 6.41 Å². The average molecular weight is 209 g/mol. The largest absolute Gasteiger partial charge is 0.494 e. The Balaban J connectivity index is 3.31. The lowest BCUT2D eigenvalue weighted by molar-refractivity contribution is -0.105. The fourth-order valence-electron chi connectivity index (χ4n) is 1.20. The zero-order valence-electron chi connectivity index (χ0n) is 8.44. The first-order valence-corrected chi connectivity index (χ1v) is 4.18. The van der Waals surface area contributed by atoms with E-state index in [0.717, 1.165) is 0 Å². The number of carbonyl (C=O) groups is 2. The molecule has 0 atom stereocenters. The minimum Gasteiger partial charge on any atom is -0.494 e. The Bertz CT molecular complexity index is 351. The molecule has 15 heavy (non-hydrogen) atoms. The molecule has 5 heteroatoms. The lowest BCUT2D eigenvalue weighted by Crippen LogP contribution is -2.01. The maximum atomic E-state index is 10.6. The van der Waals surface area contributed by atoms with Gasteiger partial charge in [0.1, 0.15) is 23.5 Å². The van der Waals surface area contributed by atoms with E-state index >= 15 is 0 Å². The summed E-state index contributed by atoms with van der Waals surface area (Å²) in [7, 11) is 2.89. The summed E-state index contributed by atoms with van der Waals surface area (Å²) < 4.78 is 10.0. The second-order valence-corrected chi connectivity index (χ2v) is 2.68. The predicted molar refractivity (Wildman–Crippen MR) is 54.6 cm³/mol. The molecule has 1 amide bonds. The van der Waals surface area contributed by atoms with Gasteiger partial charge in [0.15, 0.2) is 0 Å². The molecule has 0 spiro atoms. The van der Waals surface area contributed by atoms with Crippen LogP contribution in [0.1, 0.15) is 10.4 Å². The molecule has 1 aromatic carbocycles. The molecule has 0 aliphatic heterocycles. The van der Waals surface area contributed by atoms with Gasteiger partial charge in [-0.25, -0.2) is 0 Å². The molecule has 1 aromatic rings. The molecule has 1 N–H and O–H groups in total. The van der Waals surface area contributed by atoms with Crippen LogP contribution in [0.5, 0.6) is 11.5 Å². The Labute approximate surface area is 87.0 Å². The normalized spacial score (nSPS) is 9.20. The third-order valence-electron chi connectivity index (χ3n) is 1.87. The zero-order chi connectivity index (χ0) is 11.3. The number of nitrogens with one attached hydrogen (secondary N) is 1. The van der Waals surface area contributed by atoms with Crippen molar-refractivity contribution in [3.05, 3.63) is 17.7 Å². The number of rotatable bonds is 5. The van der Waals surface area contributed by atoms with Crippen molar-refractivity contribution < 1.29 is 19.1 Å². The molecule has 80 valence electrons. The van der Waals surface area contributed by atoms with E-state index in [2.05, 4.69) is 5.32 Å². The maximum Gasteiger partial charge on any atom is 0.211 e. The second kappa shape index (κ2) is 4.99. The van der Waals surface area contributed by atoms with Crippen LogP contribution < -0.4 is 14.8 Å². The quantitative estimate of drug-likeness (QED) is 0.737. The molecule has 5 nitrogen and oxygen atoms in total. The van der Waals surface area contributed by atoms with E-state index in [4.69, 9.17) is 9.47 Å². The van der Waals surface area contributed by atoms with Crippen LogP contribution in [0.4, 0.5) is 5.69 Å². The highest BCUT2D eigenvalue weighted by Gasteiger charge is 2.11. The first kappa shape index (κ1) is 11.0. The third-order valence-corrected chi connectivity index (χ3v) is 1.87. The monoisotopic (exact) mass is 209 g/mol. The fourth-order valence-corrected chi connectivity index (χ4v) is 1.20. The Hall–Kier alpha value is -2.04. The van der Waals surface area contributed by atoms with Crippen LogP contribution in [0.25, 0.3) is 0 Å². The summed E-state index contributed by atoms with van der Waals surface area (Å²) in [4.78, 5) is 21.0. The van der Waals surface area contributed by atoms with Crippen molar-refractivity contribution >= 4 is 18.4 Å². The topological polar surface area (TPSA) is 64.6 Å². The fraction of sp³-hybridized carbons (Fsp3) is 0.200. The number of benzene rings is 1. The highest BCUT2D eigenvalue weighted by molar-refractivity contribution is 5.85. The van der Waals surface area contributed by atoms with Gasteiger partial charge in [-0.2, -0.15) is 0 Å². The predicted octanol–water partition coefficient (Wildman–Crippen LogP) is 1.08. The minimum absolute atomic E-state index is 0.378. The number of amides is 1. The van der Waals surface area contributed by atoms with Crippen molar-refractivity contribution in [1.29, 1.82) is 0 Å². The molecule has 0 unspecified atom stereocenters. The van der Waals surface area contributed by atoms with Crippen molar-refractivity contribution in [3.8, 4) is 11.5 Å². The van der Waals surface area contributed by atoms with Crippen molar-refractivity contribution in [2.75, 3.05) is 19.5 Å². The number of carbonyl (C=O) groups excluding carboxylic acids is 2. The Kier molecular flexibility index (Phi) is 3.68. The molecule has 0 aromatic heterocycles. The van der Waals surface area contributed by atoms with Gasteiger partial charge in [-0.15, -0.1) is 0 Å². The van der Waals surface area contributed by atoms with Crippen LogP contribution in [0.15, 0.2) is 12.1 Å². The zero-order valence-corrected chi connectivity index (χ0v) is 8.44. The van der Waals surface area contributed by atoms with Gasteiger partial charge in [-0.3, -0.25) is 9.59 Å². The van der Waals surface area contributed by atoms with Crippen molar-refractivity contribution in [3.63, 3.8) is 0 Å². The van der Waals surface area contributed by atoms with Crippen LogP contribution >= 0.6 is 0 Å². The molecular weight excluding hydrogens is 198 g/mol. The molecule has 0 heterocycles. The molecule has 0 saturated carbocycles. The standard InChI is InChI=1S/C10H11NO4/c1-14-8-3-7(5-12)4-9(15-2)10(8)11-6-13/h3-6H,1-2H3,(H,11,13). The van der Waals surface area contributed by atoms with Crippen LogP contribution in [0, 0.1) is 0 Å². The molecule has 0 aliphatic rings. The van der Waals surface area contributed by atoms with Crippen molar-refractivity contribution in [1.82, 2.24) is 0 Å². The van der Waals surface area contributed by atoms with Gasteiger partial charge < -0.3 is 14.8 Å². The van der Waals surface area contributed by atoms with Gasteiger partial charge in [0.25, 0.3) is 0 Å². The first-order valence-electron chi connectivity index (χ1n) is 4.18. The van der Waals surface area contributed by atoms with Crippen molar-refractivity contribution in [2.24, 2.45) is 0 Å². The maximum absolute atomic E-state index is 10.6. The van der Waals surface area contributed by atoms with Crippen LogP contribution in [-0.2, 0) is 4.79 Å². The number of hydrogen-bond donors (Lipinski definition) is 1. The van der Waals surface area contributed by atoms with E-state index in [1.54, 1.807) is 0 Å². The molecule has 0 bridgehead atoms. The van der Waals surface area contributed by atoms with E-state index in [1.807, 2.05) is 0 Å². The minimum atomic E-state index is 0.378. The molecular formula is C10H11NO4. The smallest absolute Gasteiger partial charge is 0.211 e. The van der Waals surface area contributed by atoms with E-state index in [1.165, 1.54) is 26.4 Å². The average Bonchev–Trinajstić information content (AvgIpc) is 2.29. The lowest BCUT2D eigenvalue weighted by Gasteiger charge is -2.12. The number of ether oxygens (including phenoxy) is 2. The summed E-state index contributed by atoms with van der Waals surface area (Å²) in [6.45, 7) is 0. The number of hydrogen-bond acceptors (Lipinski definition) is 4. The Morgan fingerprint density at radius 3 is 2.00 bits per heavy atom. The molecule has 0 radical (unpaired) electrons. The summed E-state index contributed by atoms with van der Waals surface area (Å²) in [5, 5.41) is 2.45. The second-order valence-electron chi connectivity index (χ2n) is 2.68. The van der Waals surface area contributed by atoms with Gasteiger partial charge in [-0.1, -0.05) is 0 Å². The molecule has 0 saturated heterocycles. The third kappa shape index (κ3) is 2.25. The lowest BCUT2D eigenvalue weighted by atomic mass is 10.2. The molecule has 0 aliphatic carbocycles. The van der Waals surface area contributed by atoms with Crippen LogP contribution in [0.2, 0.25) is 0 Å². The van der Waals surface area contributed by atoms with Crippen LogP contribution in [-0.4, -0.2) is 26.9 Å². The van der Waals surface area contributed by atoms with Gasteiger partial charge in [-0.05, 0) is 12.1 Å². The van der Waals surface area contributed by atoms with Gasteiger partial charge in [0, 0.05) is 5.56 Å². The van der Waals surface area contributed by atoms with E-state index in [-0.39, 0.29) is 0 Å². The van der Waals surface area contributed by atoms with Gasteiger partial charge >= 0.3 is 0 Å². The van der Waals surface area contributed by atoms with E-state index in [9.17, 15) is 9.59 Å². The summed E-state index contributed by atoms with van der Waals surface area (Å²) in [6, 6.07) is 3.03. The summed E-state index contributed by atoms with van der Waals surface area (Å²) in [5.41, 5.74) is 0.820. The van der Waals surface area contributed by atoms with Gasteiger partial charge in [0.05, 0.1) is 14.2 Å².